The first-order chi connectivity index (χ1) is 12.5. The zero-order chi connectivity index (χ0) is 18.5. The first kappa shape index (κ1) is 18.6. The van der Waals surface area contributed by atoms with E-state index in [-0.39, 0.29) is 17.5 Å². The number of carbonyl (C=O) groups excluding carboxylic acids is 2. The summed E-state index contributed by atoms with van der Waals surface area (Å²) >= 11 is 3.41. The van der Waals surface area contributed by atoms with Gasteiger partial charge in [-0.1, -0.05) is 40.2 Å². The molecule has 0 aromatic heterocycles. The van der Waals surface area contributed by atoms with Crippen molar-refractivity contribution in [3.63, 3.8) is 0 Å². The number of likely N-dealkylation sites (tertiary alicyclic amines) is 1. The maximum absolute atomic E-state index is 13.7. The number of nitrogens with zero attached hydrogens (tertiary/aromatic N) is 1. The molecule has 0 bridgehead atoms. The summed E-state index contributed by atoms with van der Waals surface area (Å²) < 4.78 is 14.6. The van der Waals surface area contributed by atoms with Crippen LogP contribution in [0.5, 0.6) is 0 Å². The molecule has 1 saturated heterocycles. The molecule has 136 valence electrons. The number of carbonyl (C=O) groups is 2. The van der Waals surface area contributed by atoms with Crippen LogP contribution in [0.4, 0.5) is 4.39 Å². The van der Waals surface area contributed by atoms with E-state index >= 15 is 0 Å². The minimum Gasteiger partial charge on any atom is -0.349 e. The van der Waals surface area contributed by atoms with Gasteiger partial charge < -0.3 is 10.2 Å². The van der Waals surface area contributed by atoms with Gasteiger partial charge in [0.05, 0.1) is 12.0 Å². The Balaban J connectivity index is 1.50. The third kappa shape index (κ3) is 4.69. The largest absolute Gasteiger partial charge is 0.349 e. The Bertz CT molecular complexity index is 804. The Labute approximate surface area is 160 Å². The Morgan fingerprint density at radius 3 is 2.54 bits per heavy atom. The number of hydrogen-bond donors (Lipinski definition) is 1. The van der Waals surface area contributed by atoms with Crippen molar-refractivity contribution in [1.29, 1.82) is 0 Å². The normalized spacial score (nSPS) is 14.9. The van der Waals surface area contributed by atoms with E-state index in [1.165, 1.54) is 12.1 Å². The summed E-state index contributed by atoms with van der Waals surface area (Å²) in [5.41, 5.74) is 1.03. The molecule has 0 aliphatic carbocycles. The number of amides is 2. The van der Waals surface area contributed by atoms with E-state index in [9.17, 15) is 14.0 Å². The molecule has 0 spiro atoms. The highest BCUT2D eigenvalue weighted by molar-refractivity contribution is 9.10. The van der Waals surface area contributed by atoms with Gasteiger partial charge in [-0.2, -0.15) is 0 Å². The van der Waals surface area contributed by atoms with E-state index in [0.29, 0.717) is 32.4 Å². The van der Waals surface area contributed by atoms with Crippen LogP contribution >= 0.6 is 15.9 Å². The molecule has 4 nitrogen and oxygen atoms in total. The molecule has 1 aliphatic rings. The molecule has 2 aromatic rings. The van der Waals surface area contributed by atoms with Gasteiger partial charge in [0.2, 0.25) is 5.91 Å². The van der Waals surface area contributed by atoms with Crippen molar-refractivity contribution in [2.24, 2.45) is 0 Å². The van der Waals surface area contributed by atoms with Gasteiger partial charge in [0.25, 0.3) is 5.91 Å². The predicted molar refractivity (Wildman–Crippen MR) is 101 cm³/mol. The predicted octanol–water partition coefficient (Wildman–Crippen LogP) is 3.55. The molecule has 1 fully saturated rings. The fourth-order valence-electron chi connectivity index (χ4n) is 3.12. The van der Waals surface area contributed by atoms with Crippen LogP contribution in [0.2, 0.25) is 0 Å². The number of nitrogens with one attached hydrogen (secondary N) is 1. The van der Waals surface area contributed by atoms with Crippen molar-refractivity contribution in [2.45, 2.75) is 25.3 Å². The van der Waals surface area contributed by atoms with E-state index in [4.69, 9.17) is 0 Å². The van der Waals surface area contributed by atoms with E-state index in [0.717, 1.165) is 10.0 Å². The quantitative estimate of drug-likeness (QED) is 0.824. The average molecular weight is 419 g/mol. The van der Waals surface area contributed by atoms with E-state index in [2.05, 4.69) is 21.2 Å². The second-order valence-electron chi connectivity index (χ2n) is 6.42. The first-order valence-electron chi connectivity index (χ1n) is 8.60. The zero-order valence-corrected chi connectivity index (χ0v) is 15.8. The lowest BCUT2D eigenvalue weighted by Gasteiger charge is -2.32. The Morgan fingerprint density at radius 1 is 1.12 bits per heavy atom. The van der Waals surface area contributed by atoms with Crippen LogP contribution in [-0.4, -0.2) is 35.8 Å². The molecule has 26 heavy (non-hydrogen) atoms. The van der Waals surface area contributed by atoms with Crippen LogP contribution in [0.15, 0.2) is 53.0 Å². The number of halogens is 2. The van der Waals surface area contributed by atoms with E-state index < -0.39 is 11.7 Å². The lowest BCUT2D eigenvalue weighted by Crippen LogP contribution is -2.47. The molecule has 0 unspecified atom stereocenters. The molecule has 0 atom stereocenters. The molecule has 0 radical (unpaired) electrons. The van der Waals surface area contributed by atoms with Crippen LogP contribution in [0, 0.1) is 5.82 Å². The Hall–Kier alpha value is -2.21. The summed E-state index contributed by atoms with van der Waals surface area (Å²) in [7, 11) is 0. The highest BCUT2D eigenvalue weighted by Crippen LogP contribution is 2.16. The molecular weight excluding hydrogens is 399 g/mol. The summed E-state index contributed by atoms with van der Waals surface area (Å²) in [6.45, 7) is 1.18. The molecule has 2 amide bonds. The van der Waals surface area contributed by atoms with Crippen molar-refractivity contribution < 1.29 is 14.0 Å². The zero-order valence-electron chi connectivity index (χ0n) is 14.3. The number of piperidine rings is 1. The van der Waals surface area contributed by atoms with Gasteiger partial charge in [-0.15, -0.1) is 0 Å². The molecular formula is C20H20BrFN2O2. The van der Waals surface area contributed by atoms with Crippen molar-refractivity contribution in [3.8, 4) is 0 Å². The molecule has 0 saturated carbocycles. The van der Waals surface area contributed by atoms with Crippen LogP contribution in [0.1, 0.15) is 28.8 Å². The summed E-state index contributed by atoms with van der Waals surface area (Å²) in [5.74, 6) is -0.837. The third-order valence-electron chi connectivity index (χ3n) is 4.55. The summed E-state index contributed by atoms with van der Waals surface area (Å²) in [6, 6.07) is 13.6. The summed E-state index contributed by atoms with van der Waals surface area (Å²) in [4.78, 5) is 26.5. The average Bonchev–Trinajstić information content (AvgIpc) is 2.62. The maximum atomic E-state index is 13.7. The topological polar surface area (TPSA) is 49.4 Å². The van der Waals surface area contributed by atoms with Crippen LogP contribution < -0.4 is 5.32 Å². The molecule has 1 heterocycles. The molecule has 6 heteroatoms. The lowest BCUT2D eigenvalue weighted by molar-refractivity contribution is -0.131. The molecule has 2 aromatic carbocycles. The number of hydrogen-bond acceptors (Lipinski definition) is 2. The van der Waals surface area contributed by atoms with Gasteiger partial charge in [-0.05, 0) is 42.7 Å². The van der Waals surface area contributed by atoms with Crippen molar-refractivity contribution in [3.05, 3.63) is 69.9 Å². The standard InChI is InChI=1S/C20H20BrFN2O2/c21-15-5-3-4-14(12-15)13-19(25)24-10-8-16(9-11-24)23-20(26)17-6-1-2-7-18(17)22/h1-7,12,16H,8-11,13H2,(H,23,26). The van der Waals surface area contributed by atoms with Gasteiger partial charge >= 0.3 is 0 Å². The maximum Gasteiger partial charge on any atom is 0.254 e. The smallest absolute Gasteiger partial charge is 0.254 e. The van der Waals surface area contributed by atoms with Crippen LogP contribution in [0.25, 0.3) is 0 Å². The first-order valence-corrected chi connectivity index (χ1v) is 9.40. The van der Waals surface area contributed by atoms with Gasteiger partial charge in [0, 0.05) is 23.6 Å². The van der Waals surface area contributed by atoms with Gasteiger partial charge in [-0.3, -0.25) is 9.59 Å². The second kappa shape index (κ2) is 8.45. The highest BCUT2D eigenvalue weighted by atomic mass is 79.9. The third-order valence-corrected chi connectivity index (χ3v) is 5.04. The number of benzene rings is 2. The van der Waals surface area contributed by atoms with Crippen molar-refractivity contribution in [1.82, 2.24) is 10.2 Å². The number of rotatable bonds is 4. The molecule has 1 aliphatic heterocycles. The van der Waals surface area contributed by atoms with Crippen molar-refractivity contribution >= 4 is 27.7 Å². The Morgan fingerprint density at radius 2 is 1.85 bits per heavy atom. The van der Waals surface area contributed by atoms with E-state index in [1.807, 2.05) is 29.2 Å². The SMILES string of the molecule is O=C(NC1CCN(C(=O)Cc2cccc(Br)c2)CC1)c1ccccc1F. The van der Waals surface area contributed by atoms with Crippen LogP contribution in [-0.2, 0) is 11.2 Å². The van der Waals surface area contributed by atoms with Gasteiger partial charge in [-0.25, -0.2) is 4.39 Å². The Kier molecular flexibility index (Phi) is 6.04. The highest BCUT2D eigenvalue weighted by Gasteiger charge is 2.24. The summed E-state index contributed by atoms with van der Waals surface area (Å²) in [6.07, 6.45) is 1.71. The fourth-order valence-corrected chi connectivity index (χ4v) is 3.56. The minimum atomic E-state index is -0.522. The van der Waals surface area contributed by atoms with Crippen LogP contribution in [0.3, 0.4) is 0 Å². The van der Waals surface area contributed by atoms with E-state index in [1.54, 1.807) is 12.1 Å². The fraction of sp³-hybridized carbons (Fsp3) is 0.300. The van der Waals surface area contributed by atoms with Gasteiger partial charge in [0.15, 0.2) is 0 Å². The molecule has 1 N–H and O–H groups in total. The lowest BCUT2D eigenvalue weighted by atomic mass is 10.0. The molecule has 3 rings (SSSR count). The summed E-state index contributed by atoms with van der Waals surface area (Å²) in [5, 5.41) is 2.87. The monoisotopic (exact) mass is 418 g/mol. The van der Waals surface area contributed by atoms with Crippen molar-refractivity contribution in [2.75, 3.05) is 13.1 Å². The van der Waals surface area contributed by atoms with Gasteiger partial charge in [0.1, 0.15) is 5.82 Å². The minimum absolute atomic E-state index is 0.0444. The second-order valence-corrected chi connectivity index (χ2v) is 7.33.